The van der Waals surface area contributed by atoms with E-state index >= 15 is 0 Å². The summed E-state index contributed by atoms with van der Waals surface area (Å²) in [6, 6.07) is 3.79. The smallest absolute Gasteiger partial charge is 0.197 e. The summed E-state index contributed by atoms with van der Waals surface area (Å²) < 4.78 is 7.22. The molecule has 2 aromatic heterocycles. The van der Waals surface area contributed by atoms with E-state index in [1.54, 1.807) is 17.4 Å². The second kappa shape index (κ2) is 5.49. The van der Waals surface area contributed by atoms with Crippen molar-refractivity contribution in [3.8, 4) is 5.75 Å². The monoisotopic (exact) mass is 347 g/mol. The Kier molecular flexibility index (Phi) is 4.00. The van der Waals surface area contributed by atoms with E-state index in [2.05, 4.69) is 39.4 Å². The third-order valence-electron chi connectivity index (χ3n) is 2.08. The van der Waals surface area contributed by atoms with E-state index in [9.17, 15) is 5.21 Å². The lowest BCUT2D eigenvalue weighted by atomic mass is 10.2. The summed E-state index contributed by atoms with van der Waals surface area (Å²) in [6.45, 7) is 0.635. The molecule has 0 unspecified atom stereocenters. The Labute approximate surface area is 111 Å². The van der Waals surface area contributed by atoms with Crippen LogP contribution in [0, 0.1) is 8.78 Å². The normalized spacial score (nSPS) is 10.3. The quantitative estimate of drug-likeness (QED) is 0.484. The molecule has 0 spiro atoms. The maximum Gasteiger partial charge on any atom is 0.197 e. The molecular formula is C11H10INO2S. The molecular weight excluding hydrogens is 337 g/mol. The summed E-state index contributed by atoms with van der Waals surface area (Å²) >= 11 is 3.78. The Morgan fingerprint density at radius 2 is 2.31 bits per heavy atom. The van der Waals surface area contributed by atoms with Crippen molar-refractivity contribution in [1.29, 1.82) is 0 Å². The molecule has 0 aliphatic rings. The number of aromatic nitrogens is 1. The van der Waals surface area contributed by atoms with Crippen molar-refractivity contribution in [2.75, 3.05) is 6.61 Å². The van der Waals surface area contributed by atoms with Gasteiger partial charge in [0.2, 0.25) is 0 Å². The van der Waals surface area contributed by atoms with Gasteiger partial charge in [-0.15, -0.1) is 0 Å². The fourth-order valence-corrected chi connectivity index (χ4v) is 2.58. The zero-order valence-electron chi connectivity index (χ0n) is 8.43. The highest BCUT2D eigenvalue weighted by atomic mass is 127. The Morgan fingerprint density at radius 3 is 3.00 bits per heavy atom. The number of hydrogen-bond donors (Lipinski definition) is 0. The molecule has 84 valence electrons. The minimum absolute atomic E-state index is 0.635. The van der Waals surface area contributed by atoms with Crippen LogP contribution in [0.5, 0.6) is 5.75 Å². The lowest BCUT2D eigenvalue weighted by molar-refractivity contribution is -0.606. The predicted octanol–water partition coefficient (Wildman–Crippen LogP) is 2.61. The number of nitrogens with zero attached hydrogens (tertiary/aromatic N) is 1. The molecule has 0 fully saturated rings. The highest BCUT2D eigenvalue weighted by molar-refractivity contribution is 14.1. The molecule has 0 saturated carbocycles. The molecule has 2 rings (SSSR count). The van der Waals surface area contributed by atoms with Crippen molar-refractivity contribution in [2.24, 2.45) is 0 Å². The molecule has 0 bridgehead atoms. The Hall–Kier alpha value is -0.820. The summed E-state index contributed by atoms with van der Waals surface area (Å²) in [6.07, 6.45) is 3.84. The van der Waals surface area contributed by atoms with Crippen LogP contribution in [0.3, 0.4) is 0 Å². The first-order valence-corrected chi connectivity index (χ1v) is 6.80. The van der Waals surface area contributed by atoms with Gasteiger partial charge in [0, 0.05) is 12.5 Å². The summed E-state index contributed by atoms with van der Waals surface area (Å²) in [5.74, 6) is 0.767. The zero-order valence-corrected chi connectivity index (χ0v) is 11.4. The molecule has 2 aromatic rings. The third kappa shape index (κ3) is 3.08. The van der Waals surface area contributed by atoms with Crippen molar-refractivity contribution < 1.29 is 9.47 Å². The second-order valence-electron chi connectivity index (χ2n) is 3.25. The van der Waals surface area contributed by atoms with E-state index < -0.39 is 0 Å². The second-order valence-corrected chi connectivity index (χ2v) is 5.19. The van der Waals surface area contributed by atoms with Gasteiger partial charge in [0.1, 0.15) is 9.32 Å². The van der Waals surface area contributed by atoms with Gasteiger partial charge in [0.05, 0.1) is 6.61 Å². The fraction of sp³-hybridized carbons (Fsp3) is 0.182. The van der Waals surface area contributed by atoms with Crippen LogP contribution in [-0.2, 0) is 6.42 Å². The van der Waals surface area contributed by atoms with Crippen LogP contribution in [0.4, 0.5) is 0 Å². The number of rotatable bonds is 4. The molecule has 0 radical (unpaired) electrons. The summed E-state index contributed by atoms with van der Waals surface area (Å²) in [5, 5.41) is 15.1. The molecule has 0 N–H and O–H groups in total. The van der Waals surface area contributed by atoms with Gasteiger partial charge in [0.25, 0.3) is 0 Å². The molecule has 0 amide bonds. The lowest BCUT2D eigenvalue weighted by Crippen LogP contribution is -2.24. The largest absolute Gasteiger partial charge is 0.619 e. The van der Waals surface area contributed by atoms with Crippen molar-refractivity contribution in [3.05, 3.63) is 49.6 Å². The predicted molar refractivity (Wildman–Crippen MR) is 71.6 cm³/mol. The van der Waals surface area contributed by atoms with Crippen LogP contribution in [-0.4, -0.2) is 6.61 Å². The minimum Gasteiger partial charge on any atom is -0.619 e. The van der Waals surface area contributed by atoms with Crippen LogP contribution in [0.1, 0.15) is 5.56 Å². The van der Waals surface area contributed by atoms with Gasteiger partial charge < -0.3 is 9.94 Å². The van der Waals surface area contributed by atoms with Gasteiger partial charge in [-0.2, -0.15) is 16.1 Å². The number of ether oxygens (including phenoxy) is 1. The maximum atomic E-state index is 11.0. The van der Waals surface area contributed by atoms with Gasteiger partial charge >= 0.3 is 0 Å². The zero-order chi connectivity index (χ0) is 11.4. The maximum absolute atomic E-state index is 11.0. The van der Waals surface area contributed by atoms with Crippen LogP contribution in [0.25, 0.3) is 0 Å². The van der Waals surface area contributed by atoms with Crippen LogP contribution >= 0.6 is 33.9 Å². The number of pyridine rings is 1. The van der Waals surface area contributed by atoms with Crippen molar-refractivity contribution in [3.63, 3.8) is 0 Å². The van der Waals surface area contributed by atoms with E-state index in [-0.39, 0.29) is 0 Å². The van der Waals surface area contributed by atoms with Crippen molar-refractivity contribution in [1.82, 2.24) is 0 Å². The molecule has 0 aromatic carbocycles. The first-order valence-electron chi connectivity index (χ1n) is 4.78. The Bertz CT molecular complexity index is 459. The molecule has 5 heteroatoms. The molecule has 0 aliphatic heterocycles. The van der Waals surface area contributed by atoms with Gasteiger partial charge in [-0.05, 0) is 45.0 Å². The molecule has 3 nitrogen and oxygen atoms in total. The van der Waals surface area contributed by atoms with Crippen LogP contribution in [0.15, 0.2) is 35.3 Å². The molecule has 16 heavy (non-hydrogen) atoms. The minimum atomic E-state index is 0.635. The van der Waals surface area contributed by atoms with Crippen LogP contribution < -0.4 is 9.47 Å². The van der Waals surface area contributed by atoms with Gasteiger partial charge in [-0.25, -0.2) is 0 Å². The first kappa shape index (κ1) is 11.7. The first-order chi connectivity index (χ1) is 7.75. The average molecular weight is 347 g/mol. The Balaban J connectivity index is 1.90. The molecule has 0 atom stereocenters. The highest BCUT2D eigenvalue weighted by Gasteiger charge is 2.04. The van der Waals surface area contributed by atoms with E-state index in [0.717, 1.165) is 20.5 Å². The molecule has 0 aliphatic carbocycles. The van der Waals surface area contributed by atoms with Gasteiger partial charge in [0.15, 0.2) is 12.4 Å². The third-order valence-corrected chi connectivity index (χ3v) is 3.62. The molecule has 0 saturated heterocycles. The Morgan fingerprint density at radius 1 is 1.44 bits per heavy atom. The lowest BCUT2D eigenvalue weighted by Gasteiger charge is -2.06. The van der Waals surface area contributed by atoms with E-state index in [1.165, 1.54) is 18.0 Å². The number of thiophene rings is 1. The van der Waals surface area contributed by atoms with Gasteiger partial charge in [-0.1, -0.05) is 0 Å². The average Bonchev–Trinajstić information content (AvgIpc) is 2.74. The standard InChI is InChI=1S/C11H10INO2S/c12-10-7-13(14)4-1-11(10)15-5-2-9-3-6-16-8-9/h1,3-4,6-8H,2,5H2. The molecule has 2 heterocycles. The highest BCUT2D eigenvalue weighted by Crippen LogP contribution is 2.18. The van der Waals surface area contributed by atoms with Crippen LogP contribution in [0.2, 0.25) is 0 Å². The summed E-state index contributed by atoms with van der Waals surface area (Å²) in [5.41, 5.74) is 1.29. The van der Waals surface area contributed by atoms with E-state index in [0.29, 0.717) is 6.61 Å². The number of hydrogen-bond acceptors (Lipinski definition) is 3. The van der Waals surface area contributed by atoms with Crippen molar-refractivity contribution >= 4 is 33.9 Å². The summed E-state index contributed by atoms with van der Waals surface area (Å²) in [4.78, 5) is 0. The van der Waals surface area contributed by atoms with Gasteiger partial charge in [-0.3, -0.25) is 0 Å². The van der Waals surface area contributed by atoms with E-state index in [1.807, 2.05) is 0 Å². The number of halogens is 1. The van der Waals surface area contributed by atoms with E-state index in [4.69, 9.17) is 4.74 Å². The topological polar surface area (TPSA) is 36.2 Å². The summed E-state index contributed by atoms with van der Waals surface area (Å²) in [7, 11) is 0. The fourth-order valence-electron chi connectivity index (χ4n) is 1.27. The van der Waals surface area contributed by atoms with Crippen molar-refractivity contribution in [2.45, 2.75) is 6.42 Å². The SMILES string of the molecule is [O-][n+]1ccc(OCCc2ccsc2)c(I)c1.